The van der Waals surface area contributed by atoms with Crippen molar-refractivity contribution < 1.29 is 4.79 Å². The first-order valence-corrected chi connectivity index (χ1v) is 9.86. The number of aromatic amines is 1. The molecule has 4 aliphatic rings. The highest BCUT2D eigenvalue weighted by molar-refractivity contribution is 5.80. The molecule has 2 saturated carbocycles. The van der Waals surface area contributed by atoms with Gasteiger partial charge in [0.25, 0.3) is 0 Å². The maximum atomic E-state index is 12.0. The Morgan fingerprint density at radius 1 is 1.24 bits per heavy atom. The molecule has 4 fully saturated rings. The first kappa shape index (κ1) is 15.6. The molecule has 2 aliphatic heterocycles. The molecule has 0 radical (unpaired) electrons. The van der Waals surface area contributed by atoms with Crippen LogP contribution in [0.2, 0.25) is 0 Å². The van der Waals surface area contributed by atoms with E-state index in [0.717, 1.165) is 41.5 Å². The second kappa shape index (κ2) is 5.94. The molecule has 2 aromatic rings. The van der Waals surface area contributed by atoms with E-state index in [1.165, 1.54) is 44.0 Å². The Morgan fingerprint density at radius 2 is 1.96 bits per heavy atom. The maximum absolute atomic E-state index is 12.0. The summed E-state index contributed by atoms with van der Waals surface area (Å²) in [7, 11) is 0. The van der Waals surface area contributed by atoms with Gasteiger partial charge in [0.05, 0.1) is 0 Å². The van der Waals surface area contributed by atoms with Crippen LogP contribution >= 0.6 is 0 Å². The zero-order chi connectivity index (χ0) is 17.0. The maximum Gasteiger partial charge on any atom is 0.137 e. The minimum atomic E-state index is 0.0525. The van der Waals surface area contributed by atoms with Gasteiger partial charge in [-0.25, -0.2) is 4.98 Å². The summed E-state index contributed by atoms with van der Waals surface area (Å²) in [5.74, 6) is 2.19. The first-order chi connectivity index (χ1) is 12.2. The number of carbonyl (C=O) groups is 1. The van der Waals surface area contributed by atoms with Crippen molar-refractivity contribution in [2.45, 2.75) is 57.0 Å². The Labute approximate surface area is 149 Å². The monoisotopic (exact) mass is 337 g/mol. The second-order valence-electron chi connectivity index (χ2n) is 8.65. The predicted octanol–water partition coefficient (Wildman–Crippen LogP) is 3.74. The van der Waals surface area contributed by atoms with Crippen molar-refractivity contribution in [2.24, 2.45) is 17.8 Å². The van der Waals surface area contributed by atoms with Crippen molar-refractivity contribution in [3.05, 3.63) is 30.1 Å². The third kappa shape index (κ3) is 2.53. The number of aromatic nitrogens is 2. The van der Waals surface area contributed by atoms with Crippen molar-refractivity contribution in [3.63, 3.8) is 0 Å². The fourth-order valence-electron chi connectivity index (χ4n) is 6.07. The summed E-state index contributed by atoms with van der Waals surface area (Å²) in [5.41, 5.74) is 2.15. The quantitative estimate of drug-likeness (QED) is 0.846. The SMILES string of the molecule is CC(c1c[nH]c2ncccc12)C(C=O)CN1C2CC3CC(C2)CC1C3. The first-order valence-electron chi connectivity index (χ1n) is 9.86. The summed E-state index contributed by atoms with van der Waals surface area (Å²) >= 11 is 0. The number of fused-ring (bicyclic) bond motifs is 1. The van der Waals surface area contributed by atoms with Gasteiger partial charge in [-0.1, -0.05) is 6.92 Å². The number of nitrogens with one attached hydrogen (secondary N) is 1. The molecule has 6 rings (SSSR count). The minimum absolute atomic E-state index is 0.0525. The van der Waals surface area contributed by atoms with Crippen molar-refractivity contribution in [3.8, 4) is 0 Å². The van der Waals surface area contributed by atoms with E-state index >= 15 is 0 Å². The molecule has 4 nitrogen and oxygen atoms in total. The predicted molar refractivity (Wildman–Crippen MR) is 98.4 cm³/mol. The lowest BCUT2D eigenvalue weighted by atomic mass is 9.63. The highest BCUT2D eigenvalue weighted by atomic mass is 16.1. The molecule has 2 aliphatic carbocycles. The Morgan fingerprint density at radius 3 is 2.64 bits per heavy atom. The molecule has 0 amide bonds. The van der Waals surface area contributed by atoms with E-state index in [0.29, 0.717) is 0 Å². The average Bonchev–Trinajstić information content (AvgIpc) is 3.04. The van der Waals surface area contributed by atoms with Crippen molar-refractivity contribution in [2.75, 3.05) is 6.54 Å². The summed E-state index contributed by atoms with van der Waals surface area (Å²) in [5, 5.41) is 1.15. The van der Waals surface area contributed by atoms with E-state index in [1.807, 2.05) is 18.5 Å². The van der Waals surface area contributed by atoms with E-state index in [9.17, 15) is 4.79 Å². The summed E-state index contributed by atoms with van der Waals surface area (Å²) in [6.45, 7) is 3.12. The molecule has 4 heterocycles. The number of carbonyl (C=O) groups excluding carboxylic acids is 1. The van der Waals surface area contributed by atoms with Gasteiger partial charge < -0.3 is 9.78 Å². The number of hydrogen-bond donors (Lipinski definition) is 1. The van der Waals surface area contributed by atoms with Crippen LogP contribution in [0.1, 0.15) is 50.5 Å². The zero-order valence-electron chi connectivity index (χ0n) is 14.9. The van der Waals surface area contributed by atoms with Crippen molar-refractivity contribution >= 4 is 17.3 Å². The Hall–Kier alpha value is -1.68. The molecule has 4 heteroatoms. The highest BCUT2D eigenvalue weighted by Gasteiger charge is 2.47. The van der Waals surface area contributed by atoms with Gasteiger partial charge in [-0.3, -0.25) is 4.90 Å². The summed E-state index contributed by atoms with van der Waals surface area (Å²) in [4.78, 5) is 22.3. The van der Waals surface area contributed by atoms with Crippen LogP contribution < -0.4 is 0 Å². The fraction of sp³-hybridized carbons (Fsp3) is 0.619. The molecule has 1 N–H and O–H groups in total. The molecule has 2 aromatic heterocycles. The van der Waals surface area contributed by atoms with Gasteiger partial charge in [0.2, 0.25) is 0 Å². The van der Waals surface area contributed by atoms with Crippen LogP contribution in [0.15, 0.2) is 24.5 Å². The third-order valence-electron chi connectivity index (χ3n) is 7.24. The van der Waals surface area contributed by atoms with Gasteiger partial charge in [-0.15, -0.1) is 0 Å². The van der Waals surface area contributed by atoms with Crippen molar-refractivity contribution in [1.82, 2.24) is 14.9 Å². The zero-order valence-corrected chi connectivity index (χ0v) is 14.9. The fourth-order valence-corrected chi connectivity index (χ4v) is 6.07. The molecule has 2 saturated heterocycles. The smallest absolute Gasteiger partial charge is 0.137 e. The van der Waals surface area contributed by atoms with Crippen LogP contribution in [0.5, 0.6) is 0 Å². The van der Waals surface area contributed by atoms with E-state index in [1.54, 1.807) is 0 Å². The number of hydrogen-bond acceptors (Lipinski definition) is 3. The minimum Gasteiger partial charge on any atom is -0.346 e. The highest BCUT2D eigenvalue weighted by Crippen LogP contribution is 2.49. The van der Waals surface area contributed by atoms with Crippen LogP contribution in [0.4, 0.5) is 0 Å². The van der Waals surface area contributed by atoms with E-state index in [-0.39, 0.29) is 11.8 Å². The van der Waals surface area contributed by atoms with Gasteiger partial charge in [0.15, 0.2) is 0 Å². The number of rotatable bonds is 5. The summed E-state index contributed by atoms with van der Waals surface area (Å²) in [6.07, 6.45) is 12.0. The molecule has 0 aromatic carbocycles. The summed E-state index contributed by atoms with van der Waals surface area (Å²) in [6, 6.07) is 5.55. The largest absolute Gasteiger partial charge is 0.346 e. The number of nitrogens with zero attached hydrogens (tertiary/aromatic N) is 2. The Kier molecular flexibility index (Phi) is 3.70. The number of pyridine rings is 1. The van der Waals surface area contributed by atoms with Gasteiger partial charge in [0, 0.05) is 42.3 Å². The number of aldehydes is 1. The van der Waals surface area contributed by atoms with Crippen LogP contribution in [0.3, 0.4) is 0 Å². The normalized spacial score (nSPS) is 33.6. The Bertz CT molecular complexity index is 754. The van der Waals surface area contributed by atoms with Crippen LogP contribution in [-0.4, -0.2) is 39.8 Å². The molecule has 132 valence electrons. The van der Waals surface area contributed by atoms with E-state index in [4.69, 9.17) is 0 Å². The summed E-state index contributed by atoms with van der Waals surface area (Å²) < 4.78 is 0. The molecule has 4 bridgehead atoms. The van der Waals surface area contributed by atoms with Gasteiger partial charge >= 0.3 is 0 Å². The second-order valence-corrected chi connectivity index (χ2v) is 8.65. The lowest BCUT2D eigenvalue weighted by Gasteiger charge is -2.57. The molecule has 2 atom stereocenters. The van der Waals surface area contributed by atoms with Crippen LogP contribution in [0.25, 0.3) is 11.0 Å². The molecular weight excluding hydrogens is 310 g/mol. The van der Waals surface area contributed by atoms with Crippen LogP contribution in [0, 0.1) is 17.8 Å². The molecule has 2 unspecified atom stereocenters. The van der Waals surface area contributed by atoms with Gasteiger partial charge in [-0.05, 0) is 67.6 Å². The lowest BCUT2D eigenvalue weighted by molar-refractivity contribution is -0.115. The van der Waals surface area contributed by atoms with E-state index in [2.05, 4.69) is 27.9 Å². The van der Waals surface area contributed by atoms with Crippen molar-refractivity contribution in [1.29, 1.82) is 0 Å². The molecule has 0 spiro atoms. The third-order valence-corrected chi connectivity index (χ3v) is 7.24. The van der Waals surface area contributed by atoms with Crippen LogP contribution in [-0.2, 0) is 4.79 Å². The topological polar surface area (TPSA) is 49.0 Å². The lowest BCUT2D eigenvalue weighted by Crippen LogP contribution is -2.59. The molecular formula is C21H27N3O. The Balaban J connectivity index is 1.38. The van der Waals surface area contributed by atoms with Gasteiger partial charge in [-0.2, -0.15) is 0 Å². The van der Waals surface area contributed by atoms with E-state index < -0.39 is 0 Å². The molecule has 25 heavy (non-hydrogen) atoms. The number of H-pyrrole nitrogens is 1. The standard InChI is InChI=1S/C21H27N3O/c1-13(20-10-23-21-19(20)3-2-4-22-21)16(12-25)11-24-17-6-14-5-15(8-17)9-18(24)7-14/h2-4,10,12-18H,5-9,11H2,1H3,(H,22,23). The number of piperidine rings is 2. The average molecular weight is 337 g/mol. The van der Waals surface area contributed by atoms with Gasteiger partial charge in [0.1, 0.15) is 11.9 Å².